The average Bonchev–Trinajstić information content (AvgIpc) is 2.80. The standard InChI is InChI=1S/C30H44N2O5/c1-8-12-20(2)19-36-23-17-15-22(16-18-23)25(30(6,7)35)32-27(33)24(21-13-10-9-11-14-21)26(29(3,4)5)37-28(31)34/h9-11,13-18,20,24-26,35H,8,12,19H2,1-7H3,(H2,31,34)(H,32,33)/t20?,24?,25-,26?/m1/s1. The first-order valence-corrected chi connectivity index (χ1v) is 13.0. The molecule has 4 N–H and O–H groups in total. The summed E-state index contributed by atoms with van der Waals surface area (Å²) < 4.78 is 11.4. The Balaban J connectivity index is 2.37. The SMILES string of the molecule is CCCC(C)COc1ccc([C@@H](NC(=O)C(c2ccccc2)C(OC(N)=O)C(C)(C)C)C(C)(C)O)cc1. The van der Waals surface area contributed by atoms with Crippen molar-refractivity contribution < 1.29 is 24.2 Å². The second kappa shape index (κ2) is 13.0. The van der Waals surface area contributed by atoms with Gasteiger partial charge in [0.25, 0.3) is 0 Å². The van der Waals surface area contributed by atoms with Crippen LogP contribution >= 0.6 is 0 Å². The van der Waals surface area contributed by atoms with Gasteiger partial charge in [-0.15, -0.1) is 0 Å². The van der Waals surface area contributed by atoms with Crippen LogP contribution in [0.15, 0.2) is 54.6 Å². The van der Waals surface area contributed by atoms with E-state index in [2.05, 4.69) is 19.2 Å². The van der Waals surface area contributed by atoms with Crippen molar-refractivity contribution in [3.8, 4) is 5.75 Å². The molecule has 2 rings (SSSR count). The molecule has 7 nitrogen and oxygen atoms in total. The smallest absolute Gasteiger partial charge is 0.404 e. The summed E-state index contributed by atoms with van der Waals surface area (Å²) in [5.74, 6) is -0.0341. The van der Waals surface area contributed by atoms with E-state index in [9.17, 15) is 14.7 Å². The first-order valence-electron chi connectivity index (χ1n) is 13.0. The van der Waals surface area contributed by atoms with Gasteiger partial charge in [0.15, 0.2) is 0 Å². The number of nitrogens with two attached hydrogens (primary N) is 1. The van der Waals surface area contributed by atoms with Crippen molar-refractivity contribution in [2.24, 2.45) is 17.1 Å². The van der Waals surface area contributed by atoms with E-state index in [4.69, 9.17) is 15.2 Å². The molecule has 0 spiro atoms. The predicted octanol–water partition coefficient (Wildman–Crippen LogP) is 5.72. The van der Waals surface area contributed by atoms with Crippen LogP contribution in [0.2, 0.25) is 0 Å². The normalized spacial score (nSPS) is 15.2. The molecule has 7 heteroatoms. The number of carbonyl (C=O) groups excluding carboxylic acids is 2. The number of nitrogens with one attached hydrogen (secondary N) is 1. The van der Waals surface area contributed by atoms with Crippen molar-refractivity contribution in [2.75, 3.05) is 6.61 Å². The molecule has 37 heavy (non-hydrogen) atoms. The highest BCUT2D eigenvalue weighted by atomic mass is 16.6. The number of hydrogen-bond acceptors (Lipinski definition) is 5. The average molecular weight is 513 g/mol. The highest BCUT2D eigenvalue weighted by Crippen LogP contribution is 2.36. The monoisotopic (exact) mass is 512 g/mol. The molecule has 0 saturated carbocycles. The minimum atomic E-state index is -1.28. The van der Waals surface area contributed by atoms with E-state index in [1.54, 1.807) is 13.8 Å². The maximum atomic E-state index is 13.9. The van der Waals surface area contributed by atoms with Crippen LogP contribution < -0.4 is 15.8 Å². The topological polar surface area (TPSA) is 111 Å². The fraction of sp³-hybridized carbons (Fsp3) is 0.533. The van der Waals surface area contributed by atoms with Crippen LogP contribution in [0.25, 0.3) is 0 Å². The Morgan fingerprint density at radius 1 is 0.973 bits per heavy atom. The molecule has 4 atom stereocenters. The fourth-order valence-corrected chi connectivity index (χ4v) is 4.46. The van der Waals surface area contributed by atoms with Crippen molar-refractivity contribution in [1.29, 1.82) is 0 Å². The molecule has 0 heterocycles. The lowest BCUT2D eigenvalue weighted by Crippen LogP contribution is -2.49. The van der Waals surface area contributed by atoms with Crippen LogP contribution in [0.3, 0.4) is 0 Å². The van der Waals surface area contributed by atoms with E-state index in [1.165, 1.54) is 0 Å². The highest BCUT2D eigenvalue weighted by molar-refractivity contribution is 5.85. The van der Waals surface area contributed by atoms with Gasteiger partial charge >= 0.3 is 6.09 Å². The second-order valence-corrected chi connectivity index (χ2v) is 11.5. The van der Waals surface area contributed by atoms with Crippen molar-refractivity contribution in [2.45, 2.75) is 85.0 Å². The minimum Gasteiger partial charge on any atom is -0.493 e. The summed E-state index contributed by atoms with van der Waals surface area (Å²) in [5, 5.41) is 14.1. The number of primary amides is 1. The molecule has 0 bridgehead atoms. The largest absolute Gasteiger partial charge is 0.493 e. The van der Waals surface area contributed by atoms with Gasteiger partial charge in [-0.05, 0) is 49.4 Å². The molecule has 0 saturated heterocycles. The van der Waals surface area contributed by atoms with Gasteiger partial charge in [-0.3, -0.25) is 4.79 Å². The van der Waals surface area contributed by atoms with Crippen LogP contribution in [-0.2, 0) is 9.53 Å². The lowest BCUT2D eigenvalue weighted by Gasteiger charge is -2.37. The second-order valence-electron chi connectivity index (χ2n) is 11.5. The van der Waals surface area contributed by atoms with Crippen molar-refractivity contribution in [3.63, 3.8) is 0 Å². The minimum absolute atomic E-state index is 0.381. The Hall–Kier alpha value is -3.06. The molecule has 204 valence electrons. The predicted molar refractivity (Wildman–Crippen MR) is 146 cm³/mol. The number of rotatable bonds is 12. The Morgan fingerprint density at radius 3 is 2.05 bits per heavy atom. The summed E-state index contributed by atoms with van der Waals surface area (Å²) in [5.41, 5.74) is 4.93. The van der Waals surface area contributed by atoms with Crippen LogP contribution in [0, 0.1) is 11.3 Å². The number of carbonyl (C=O) groups is 2. The van der Waals surface area contributed by atoms with Gasteiger partial charge in [0.05, 0.1) is 18.2 Å². The van der Waals surface area contributed by atoms with Crippen LogP contribution in [-0.4, -0.2) is 35.4 Å². The van der Waals surface area contributed by atoms with Crippen molar-refractivity contribution >= 4 is 12.0 Å². The third-order valence-electron chi connectivity index (χ3n) is 6.36. The summed E-state index contributed by atoms with van der Waals surface area (Å²) in [6.45, 7) is 13.9. The molecule has 0 radical (unpaired) electrons. The molecule has 0 fully saturated rings. The van der Waals surface area contributed by atoms with E-state index in [0.717, 1.165) is 24.2 Å². The fourth-order valence-electron chi connectivity index (χ4n) is 4.46. The number of aliphatic hydroxyl groups is 1. The van der Waals surface area contributed by atoms with Gasteiger partial charge in [-0.1, -0.05) is 83.5 Å². The molecular formula is C30H44N2O5. The molecular weight excluding hydrogens is 468 g/mol. The molecule has 2 aromatic carbocycles. The highest BCUT2D eigenvalue weighted by Gasteiger charge is 2.42. The van der Waals surface area contributed by atoms with Gasteiger partial charge in [-0.2, -0.15) is 0 Å². The third kappa shape index (κ3) is 9.08. The lowest BCUT2D eigenvalue weighted by atomic mass is 9.77. The van der Waals surface area contributed by atoms with Crippen molar-refractivity contribution in [3.05, 3.63) is 65.7 Å². The molecule has 0 aliphatic rings. The number of ether oxygens (including phenoxy) is 2. The third-order valence-corrected chi connectivity index (χ3v) is 6.36. The molecule has 0 aliphatic carbocycles. The zero-order valence-corrected chi connectivity index (χ0v) is 23.3. The molecule has 2 amide bonds. The Kier molecular flexibility index (Phi) is 10.6. The summed E-state index contributed by atoms with van der Waals surface area (Å²) in [7, 11) is 0. The van der Waals surface area contributed by atoms with Crippen LogP contribution in [0.5, 0.6) is 5.75 Å². The number of amides is 2. The maximum Gasteiger partial charge on any atom is 0.404 e. The van der Waals surface area contributed by atoms with Crippen molar-refractivity contribution in [1.82, 2.24) is 5.32 Å². The van der Waals surface area contributed by atoms with Gasteiger partial charge in [-0.25, -0.2) is 4.79 Å². The van der Waals surface area contributed by atoms with E-state index >= 15 is 0 Å². The maximum absolute atomic E-state index is 13.9. The lowest BCUT2D eigenvalue weighted by molar-refractivity contribution is -0.130. The Bertz CT molecular complexity index is 993. The van der Waals surface area contributed by atoms with E-state index < -0.39 is 35.2 Å². The van der Waals surface area contributed by atoms with E-state index in [0.29, 0.717) is 18.1 Å². The van der Waals surface area contributed by atoms with Gasteiger partial charge in [0, 0.05) is 5.41 Å². The summed E-state index contributed by atoms with van der Waals surface area (Å²) in [4.78, 5) is 25.7. The first-order chi connectivity index (χ1) is 17.2. The first kappa shape index (κ1) is 30.2. The molecule has 3 unspecified atom stereocenters. The van der Waals surface area contributed by atoms with E-state index in [1.807, 2.05) is 75.4 Å². The van der Waals surface area contributed by atoms with Gasteiger partial charge < -0.3 is 25.6 Å². The molecule has 0 aromatic heterocycles. The number of hydrogen-bond donors (Lipinski definition) is 3. The Labute approximate surface area is 221 Å². The summed E-state index contributed by atoms with van der Waals surface area (Å²) in [6, 6.07) is 15.8. The Morgan fingerprint density at radius 2 is 1.57 bits per heavy atom. The van der Waals surface area contributed by atoms with Crippen LogP contribution in [0.4, 0.5) is 4.79 Å². The molecule has 2 aromatic rings. The van der Waals surface area contributed by atoms with Gasteiger partial charge in [0.1, 0.15) is 17.8 Å². The van der Waals surface area contributed by atoms with Gasteiger partial charge in [0.2, 0.25) is 5.91 Å². The summed E-state index contributed by atoms with van der Waals surface area (Å²) >= 11 is 0. The summed E-state index contributed by atoms with van der Waals surface area (Å²) in [6.07, 6.45) is 0.427. The quantitative estimate of drug-likeness (QED) is 0.337. The van der Waals surface area contributed by atoms with Crippen LogP contribution in [0.1, 0.15) is 84.4 Å². The zero-order valence-electron chi connectivity index (χ0n) is 23.3. The molecule has 0 aliphatic heterocycles. The number of benzene rings is 2. The van der Waals surface area contributed by atoms with E-state index in [-0.39, 0.29) is 5.91 Å². The zero-order chi connectivity index (χ0) is 27.8.